The lowest BCUT2D eigenvalue weighted by molar-refractivity contribution is 0.103. The standard InChI is InChI=1S/C26H20F3N5O3/c27-16-10-17(28)12-19(11-16)32-26(36)31-18-2-3-21(29)20(13-18)25(35)15-1-4-22-23(9-15)33-24(14-30-22)34-5-7-37-8-6-34/h1-4,9-14H,5-8H2,(H2,31,32,36). The predicted molar refractivity (Wildman–Crippen MR) is 131 cm³/mol. The second-order valence-corrected chi connectivity index (χ2v) is 8.29. The van der Waals surface area contributed by atoms with E-state index in [-0.39, 0.29) is 22.5 Å². The van der Waals surface area contributed by atoms with Crippen LogP contribution in [0.5, 0.6) is 0 Å². The SMILES string of the molecule is O=C(Nc1cc(F)cc(F)c1)Nc1ccc(F)c(C(=O)c2ccc3ncc(N4CCOCC4)nc3c2)c1. The van der Waals surface area contributed by atoms with Crippen molar-refractivity contribution in [2.45, 2.75) is 0 Å². The third kappa shape index (κ3) is 5.51. The average molecular weight is 507 g/mol. The van der Waals surface area contributed by atoms with Gasteiger partial charge in [-0.05, 0) is 48.5 Å². The molecule has 2 heterocycles. The molecule has 0 atom stereocenters. The summed E-state index contributed by atoms with van der Waals surface area (Å²) in [6, 6.07) is 9.91. The number of aromatic nitrogens is 2. The van der Waals surface area contributed by atoms with E-state index >= 15 is 0 Å². The number of benzene rings is 3. The zero-order chi connectivity index (χ0) is 25.9. The van der Waals surface area contributed by atoms with Crippen molar-refractivity contribution in [1.29, 1.82) is 0 Å². The zero-order valence-corrected chi connectivity index (χ0v) is 19.3. The molecule has 0 bridgehead atoms. The number of anilines is 3. The van der Waals surface area contributed by atoms with Crippen LogP contribution >= 0.6 is 0 Å². The van der Waals surface area contributed by atoms with Gasteiger partial charge in [0.15, 0.2) is 5.78 Å². The minimum atomic E-state index is -0.859. The summed E-state index contributed by atoms with van der Waals surface area (Å²) in [7, 11) is 0. The highest BCUT2D eigenvalue weighted by atomic mass is 19.1. The lowest BCUT2D eigenvalue weighted by Gasteiger charge is -2.27. The summed E-state index contributed by atoms with van der Waals surface area (Å²) in [6.45, 7) is 2.51. The Balaban J connectivity index is 1.36. The fourth-order valence-electron chi connectivity index (χ4n) is 3.94. The van der Waals surface area contributed by atoms with Gasteiger partial charge in [0.25, 0.3) is 0 Å². The summed E-state index contributed by atoms with van der Waals surface area (Å²) in [5.41, 5.74) is 0.973. The molecule has 0 aliphatic carbocycles. The zero-order valence-electron chi connectivity index (χ0n) is 19.3. The lowest BCUT2D eigenvalue weighted by Crippen LogP contribution is -2.36. The Morgan fingerprint density at radius 1 is 0.838 bits per heavy atom. The van der Waals surface area contributed by atoms with E-state index in [0.717, 1.165) is 18.2 Å². The molecule has 1 fully saturated rings. The molecule has 5 rings (SSSR count). The highest BCUT2D eigenvalue weighted by Gasteiger charge is 2.18. The molecule has 188 valence electrons. The summed E-state index contributed by atoms with van der Waals surface area (Å²) in [6.07, 6.45) is 1.66. The summed E-state index contributed by atoms with van der Waals surface area (Å²) >= 11 is 0. The largest absolute Gasteiger partial charge is 0.378 e. The molecule has 37 heavy (non-hydrogen) atoms. The maximum absolute atomic E-state index is 14.6. The molecule has 0 radical (unpaired) electrons. The third-order valence-corrected chi connectivity index (χ3v) is 5.72. The molecule has 1 aliphatic rings. The number of rotatable bonds is 5. The highest BCUT2D eigenvalue weighted by molar-refractivity contribution is 6.11. The van der Waals surface area contributed by atoms with Crippen molar-refractivity contribution in [1.82, 2.24) is 9.97 Å². The number of nitrogens with one attached hydrogen (secondary N) is 2. The fraction of sp³-hybridized carbons (Fsp3) is 0.154. The van der Waals surface area contributed by atoms with E-state index in [1.165, 1.54) is 18.2 Å². The molecule has 1 aromatic heterocycles. The van der Waals surface area contributed by atoms with E-state index < -0.39 is 29.3 Å². The summed E-state index contributed by atoms with van der Waals surface area (Å²) in [5.74, 6) is -2.46. The normalized spacial score (nSPS) is 13.4. The van der Waals surface area contributed by atoms with Gasteiger partial charge in [0.1, 0.15) is 23.3 Å². The van der Waals surface area contributed by atoms with Crippen molar-refractivity contribution in [3.8, 4) is 0 Å². The van der Waals surface area contributed by atoms with Crippen LogP contribution in [0, 0.1) is 17.5 Å². The molecule has 1 aliphatic heterocycles. The molecule has 1 saturated heterocycles. The van der Waals surface area contributed by atoms with E-state index in [0.29, 0.717) is 49.2 Å². The number of ketones is 1. The fourth-order valence-corrected chi connectivity index (χ4v) is 3.94. The van der Waals surface area contributed by atoms with Crippen LogP contribution in [0.15, 0.2) is 60.8 Å². The Morgan fingerprint density at radius 2 is 1.57 bits per heavy atom. The molecule has 0 saturated carbocycles. The summed E-state index contributed by atoms with van der Waals surface area (Å²) in [4.78, 5) is 36.5. The lowest BCUT2D eigenvalue weighted by atomic mass is 10.0. The maximum Gasteiger partial charge on any atom is 0.323 e. The number of urea groups is 1. The summed E-state index contributed by atoms with van der Waals surface area (Å²) < 4.78 is 46.7. The van der Waals surface area contributed by atoms with Crippen molar-refractivity contribution in [3.63, 3.8) is 0 Å². The first-order chi connectivity index (χ1) is 17.9. The molecule has 2 amide bonds. The number of hydrogen-bond donors (Lipinski definition) is 2. The van der Waals surface area contributed by atoms with Crippen LogP contribution in [-0.4, -0.2) is 48.1 Å². The smallest absolute Gasteiger partial charge is 0.323 e. The Labute approximate surface area is 209 Å². The monoisotopic (exact) mass is 507 g/mol. The van der Waals surface area contributed by atoms with Gasteiger partial charge in [0, 0.05) is 36.1 Å². The number of morpholine rings is 1. The van der Waals surface area contributed by atoms with Crippen LogP contribution in [0.2, 0.25) is 0 Å². The quantitative estimate of drug-likeness (QED) is 0.378. The van der Waals surface area contributed by atoms with Gasteiger partial charge in [0.2, 0.25) is 0 Å². The van der Waals surface area contributed by atoms with Crippen molar-refractivity contribution in [3.05, 3.63) is 89.4 Å². The topological polar surface area (TPSA) is 96.5 Å². The van der Waals surface area contributed by atoms with Crippen LogP contribution in [0.1, 0.15) is 15.9 Å². The number of carbonyl (C=O) groups excluding carboxylic acids is 2. The Morgan fingerprint density at radius 3 is 2.32 bits per heavy atom. The van der Waals surface area contributed by atoms with Gasteiger partial charge in [-0.25, -0.2) is 22.9 Å². The molecule has 8 nitrogen and oxygen atoms in total. The predicted octanol–water partition coefficient (Wildman–Crippen LogP) is 4.76. The summed E-state index contributed by atoms with van der Waals surface area (Å²) in [5, 5.41) is 4.71. The number of amides is 2. The highest BCUT2D eigenvalue weighted by Crippen LogP contribution is 2.23. The van der Waals surface area contributed by atoms with E-state index in [9.17, 15) is 22.8 Å². The minimum absolute atomic E-state index is 0.106. The molecular formula is C26H20F3N5O3. The minimum Gasteiger partial charge on any atom is -0.378 e. The van der Waals surface area contributed by atoms with E-state index in [4.69, 9.17) is 4.74 Å². The van der Waals surface area contributed by atoms with Crippen molar-refractivity contribution in [2.75, 3.05) is 41.8 Å². The first kappa shape index (κ1) is 24.2. The van der Waals surface area contributed by atoms with Gasteiger partial charge < -0.3 is 20.3 Å². The van der Waals surface area contributed by atoms with Gasteiger partial charge in [-0.15, -0.1) is 0 Å². The number of halogens is 3. The third-order valence-electron chi connectivity index (χ3n) is 5.72. The number of fused-ring (bicyclic) bond motifs is 1. The van der Waals surface area contributed by atoms with Crippen LogP contribution in [0.4, 0.5) is 35.2 Å². The molecular weight excluding hydrogens is 487 g/mol. The van der Waals surface area contributed by atoms with Crippen molar-refractivity contribution in [2.24, 2.45) is 0 Å². The molecule has 0 unspecified atom stereocenters. The molecule has 4 aromatic rings. The second kappa shape index (κ2) is 10.2. The van der Waals surface area contributed by atoms with E-state index in [1.807, 2.05) is 4.90 Å². The Hall–Kier alpha value is -4.51. The first-order valence-corrected chi connectivity index (χ1v) is 11.3. The van der Waals surface area contributed by atoms with Gasteiger partial charge in [-0.1, -0.05) is 0 Å². The molecule has 0 spiro atoms. The first-order valence-electron chi connectivity index (χ1n) is 11.3. The van der Waals surface area contributed by atoms with E-state index in [1.54, 1.807) is 18.3 Å². The number of hydrogen-bond acceptors (Lipinski definition) is 6. The maximum atomic E-state index is 14.6. The number of nitrogens with zero attached hydrogens (tertiary/aromatic N) is 3. The Bertz CT molecular complexity index is 1490. The van der Waals surface area contributed by atoms with Crippen LogP contribution in [-0.2, 0) is 4.74 Å². The molecule has 2 N–H and O–H groups in total. The Kier molecular flexibility index (Phi) is 6.69. The van der Waals surface area contributed by atoms with Crippen LogP contribution in [0.25, 0.3) is 11.0 Å². The van der Waals surface area contributed by atoms with Crippen LogP contribution < -0.4 is 15.5 Å². The van der Waals surface area contributed by atoms with Gasteiger partial charge in [-0.2, -0.15) is 0 Å². The van der Waals surface area contributed by atoms with Crippen molar-refractivity contribution >= 4 is 40.0 Å². The molecule has 11 heteroatoms. The van der Waals surface area contributed by atoms with Gasteiger partial charge >= 0.3 is 6.03 Å². The average Bonchev–Trinajstić information content (AvgIpc) is 2.88. The number of carbonyl (C=O) groups is 2. The number of ether oxygens (including phenoxy) is 1. The molecule has 3 aromatic carbocycles. The van der Waals surface area contributed by atoms with Gasteiger partial charge in [-0.3, -0.25) is 9.78 Å². The van der Waals surface area contributed by atoms with E-state index in [2.05, 4.69) is 20.6 Å². The van der Waals surface area contributed by atoms with Crippen molar-refractivity contribution < 1.29 is 27.5 Å². The second-order valence-electron chi connectivity index (χ2n) is 8.29. The van der Waals surface area contributed by atoms with Gasteiger partial charge in [0.05, 0.1) is 36.0 Å². The van der Waals surface area contributed by atoms with Crippen LogP contribution in [0.3, 0.4) is 0 Å².